The van der Waals surface area contributed by atoms with E-state index in [9.17, 15) is 24.6 Å². The highest BCUT2D eigenvalue weighted by atomic mass is 19.1. The zero-order valence-electron chi connectivity index (χ0n) is 26.5. The van der Waals surface area contributed by atoms with Crippen LogP contribution in [0, 0.1) is 5.82 Å². The molecule has 10 heteroatoms. The molecule has 1 fully saturated rings. The average molecular weight is 650 g/mol. The largest absolute Gasteiger partial charge is 0.508 e. The predicted molar refractivity (Wildman–Crippen MR) is 179 cm³/mol. The third-order valence-corrected chi connectivity index (χ3v) is 8.76. The molecule has 1 saturated heterocycles. The minimum absolute atomic E-state index is 0.0163. The minimum Gasteiger partial charge on any atom is -0.508 e. The summed E-state index contributed by atoms with van der Waals surface area (Å²) in [6, 6.07) is 24.3. The summed E-state index contributed by atoms with van der Waals surface area (Å²) in [5.41, 5.74) is 5.91. The van der Waals surface area contributed by atoms with Crippen molar-refractivity contribution in [2.45, 2.75) is 45.3 Å². The molecule has 0 spiro atoms. The van der Waals surface area contributed by atoms with Crippen molar-refractivity contribution >= 4 is 28.9 Å². The number of piperidine rings is 1. The van der Waals surface area contributed by atoms with Gasteiger partial charge in [-0.15, -0.1) is 0 Å². The monoisotopic (exact) mass is 649 g/mol. The second-order valence-electron chi connectivity index (χ2n) is 11.8. The number of ether oxygens (including phenoxy) is 1. The smallest absolute Gasteiger partial charge is 0.255 e. The summed E-state index contributed by atoms with van der Waals surface area (Å²) in [5.74, 6) is -0.731. The molecule has 4 aromatic carbocycles. The van der Waals surface area contributed by atoms with Crippen LogP contribution in [0.15, 0.2) is 84.9 Å². The molecule has 0 aromatic heterocycles. The molecular formula is C38H36FN3O6. The molecule has 4 aromatic rings. The fourth-order valence-electron chi connectivity index (χ4n) is 6.30. The molecule has 1 unspecified atom stereocenters. The minimum atomic E-state index is -0.793. The summed E-state index contributed by atoms with van der Waals surface area (Å²) >= 11 is 0. The number of carbonyl (C=O) groups is 3. The summed E-state index contributed by atoms with van der Waals surface area (Å²) in [4.78, 5) is 38.1. The average Bonchev–Trinajstić information content (AvgIpc) is 3.42. The summed E-state index contributed by atoms with van der Waals surface area (Å²) in [7, 11) is 0. The number of nitrogens with one attached hydrogen (secondary N) is 2. The Morgan fingerprint density at radius 2 is 1.52 bits per heavy atom. The number of allylic oxidation sites excluding steroid dienone is 1. The SMILES string of the molecule is CCC(=C(c1ccc(O)cc1)c1ccc(OCCNCc2ccc3c(c2F)CN(C2CCC(=O)NC2=O)C3=O)cc1)c1ccc(O)cc1. The van der Waals surface area contributed by atoms with Gasteiger partial charge in [0.15, 0.2) is 0 Å². The number of carbonyl (C=O) groups excluding carboxylic acids is 3. The van der Waals surface area contributed by atoms with Crippen LogP contribution in [0.2, 0.25) is 0 Å². The van der Waals surface area contributed by atoms with E-state index in [0.29, 0.717) is 24.5 Å². The second-order valence-corrected chi connectivity index (χ2v) is 11.8. The first-order chi connectivity index (χ1) is 23.2. The highest BCUT2D eigenvalue weighted by Gasteiger charge is 2.40. The number of phenols is 2. The molecule has 2 heterocycles. The Morgan fingerprint density at radius 3 is 2.15 bits per heavy atom. The number of hydrogen-bond donors (Lipinski definition) is 4. The molecule has 2 aliphatic heterocycles. The van der Waals surface area contributed by atoms with Crippen LogP contribution in [0.4, 0.5) is 4.39 Å². The normalized spacial score (nSPS) is 16.4. The van der Waals surface area contributed by atoms with Crippen LogP contribution in [0.3, 0.4) is 0 Å². The number of fused-ring (bicyclic) bond motifs is 1. The van der Waals surface area contributed by atoms with Crippen molar-refractivity contribution in [1.29, 1.82) is 0 Å². The molecule has 246 valence electrons. The van der Waals surface area contributed by atoms with Crippen molar-refractivity contribution in [2.75, 3.05) is 13.2 Å². The van der Waals surface area contributed by atoms with Gasteiger partial charge in [-0.25, -0.2) is 4.39 Å². The maximum Gasteiger partial charge on any atom is 0.255 e. The summed E-state index contributed by atoms with van der Waals surface area (Å²) in [5, 5.41) is 25.1. The number of imide groups is 1. The van der Waals surface area contributed by atoms with Crippen LogP contribution < -0.4 is 15.4 Å². The van der Waals surface area contributed by atoms with Crippen molar-refractivity contribution in [1.82, 2.24) is 15.5 Å². The third-order valence-electron chi connectivity index (χ3n) is 8.76. The van der Waals surface area contributed by atoms with Crippen LogP contribution in [0.5, 0.6) is 17.2 Å². The van der Waals surface area contributed by atoms with E-state index in [1.165, 1.54) is 4.90 Å². The van der Waals surface area contributed by atoms with Crippen molar-refractivity contribution in [3.8, 4) is 17.2 Å². The summed E-state index contributed by atoms with van der Waals surface area (Å²) in [6.45, 7) is 3.07. The summed E-state index contributed by atoms with van der Waals surface area (Å²) in [6.07, 6.45) is 1.10. The molecule has 0 saturated carbocycles. The van der Waals surface area contributed by atoms with Crippen LogP contribution in [-0.2, 0) is 22.7 Å². The van der Waals surface area contributed by atoms with Crippen molar-refractivity contribution in [3.63, 3.8) is 0 Å². The number of hydrogen-bond acceptors (Lipinski definition) is 7. The standard InChI is InChI=1S/C38H36FN3O6/c1-2-30(23-3-10-27(43)11-4-23)35(24-5-12-28(44)13-6-24)25-7-14-29(15-8-25)48-20-19-40-21-26-9-16-31-32(36(26)39)22-42(38(31)47)33-17-18-34(45)41-37(33)46/h3-16,33,40,43-44H,2,17-22H2,1H3,(H,41,45,46). The predicted octanol–water partition coefficient (Wildman–Crippen LogP) is 5.54. The number of amides is 3. The van der Waals surface area contributed by atoms with E-state index in [1.807, 2.05) is 48.5 Å². The Bertz CT molecular complexity index is 1870. The van der Waals surface area contributed by atoms with E-state index in [4.69, 9.17) is 4.74 Å². The Hall–Kier alpha value is -5.48. The second kappa shape index (κ2) is 14.1. The first-order valence-corrected chi connectivity index (χ1v) is 15.9. The Morgan fingerprint density at radius 1 is 0.896 bits per heavy atom. The molecule has 0 aliphatic carbocycles. The quantitative estimate of drug-likeness (QED) is 0.0955. The van der Waals surface area contributed by atoms with Gasteiger partial charge in [0.25, 0.3) is 5.91 Å². The van der Waals surface area contributed by atoms with E-state index in [1.54, 1.807) is 36.4 Å². The maximum absolute atomic E-state index is 15.4. The van der Waals surface area contributed by atoms with Crippen LogP contribution >= 0.6 is 0 Å². The zero-order valence-corrected chi connectivity index (χ0v) is 26.5. The van der Waals surface area contributed by atoms with Crippen molar-refractivity contribution < 1.29 is 33.7 Å². The lowest BCUT2D eigenvalue weighted by Crippen LogP contribution is -2.52. The fraction of sp³-hybridized carbons (Fsp3) is 0.237. The highest BCUT2D eigenvalue weighted by Crippen LogP contribution is 2.36. The Kier molecular flexibility index (Phi) is 9.54. The van der Waals surface area contributed by atoms with Gasteiger partial charge in [-0.05, 0) is 83.1 Å². The molecule has 4 N–H and O–H groups in total. The van der Waals surface area contributed by atoms with Gasteiger partial charge in [-0.2, -0.15) is 0 Å². The molecule has 48 heavy (non-hydrogen) atoms. The molecule has 0 bridgehead atoms. The van der Waals surface area contributed by atoms with Crippen LogP contribution in [-0.4, -0.2) is 52.0 Å². The lowest BCUT2D eigenvalue weighted by molar-refractivity contribution is -0.136. The summed E-state index contributed by atoms with van der Waals surface area (Å²) < 4.78 is 21.4. The molecule has 3 amide bonds. The first kappa shape index (κ1) is 32.5. The number of aromatic hydroxyl groups is 2. The van der Waals surface area contributed by atoms with Gasteiger partial charge in [-0.1, -0.05) is 49.4 Å². The van der Waals surface area contributed by atoms with Crippen LogP contribution in [0.1, 0.15) is 64.4 Å². The van der Waals surface area contributed by atoms with E-state index in [2.05, 4.69) is 17.6 Å². The molecule has 6 rings (SSSR count). The van der Waals surface area contributed by atoms with Gasteiger partial charge in [0.05, 0.1) is 6.54 Å². The number of nitrogens with zero attached hydrogens (tertiary/aromatic N) is 1. The van der Waals surface area contributed by atoms with Gasteiger partial charge in [-0.3, -0.25) is 19.7 Å². The van der Waals surface area contributed by atoms with Gasteiger partial charge in [0.2, 0.25) is 11.8 Å². The first-order valence-electron chi connectivity index (χ1n) is 15.9. The van der Waals surface area contributed by atoms with Crippen molar-refractivity contribution in [2.24, 2.45) is 0 Å². The number of phenolic OH excluding ortho intramolecular Hbond substituents is 2. The molecule has 0 radical (unpaired) electrons. The van der Waals surface area contributed by atoms with E-state index in [0.717, 1.165) is 34.3 Å². The van der Waals surface area contributed by atoms with E-state index in [-0.39, 0.29) is 54.5 Å². The third kappa shape index (κ3) is 6.79. The van der Waals surface area contributed by atoms with E-state index < -0.39 is 23.7 Å². The highest BCUT2D eigenvalue weighted by molar-refractivity contribution is 6.05. The molecule has 2 aliphatic rings. The topological polar surface area (TPSA) is 128 Å². The Balaban J connectivity index is 1.08. The lowest BCUT2D eigenvalue weighted by atomic mass is 9.88. The number of halogens is 1. The zero-order chi connectivity index (χ0) is 33.8. The van der Waals surface area contributed by atoms with E-state index >= 15 is 4.39 Å². The number of benzene rings is 4. The van der Waals surface area contributed by atoms with Crippen molar-refractivity contribution in [3.05, 3.63) is 124 Å². The van der Waals surface area contributed by atoms with Crippen LogP contribution in [0.25, 0.3) is 11.1 Å². The fourth-order valence-corrected chi connectivity index (χ4v) is 6.30. The van der Waals surface area contributed by atoms with Gasteiger partial charge in [0.1, 0.15) is 35.7 Å². The van der Waals surface area contributed by atoms with Gasteiger partial charge in [0, 0.05) is 36.2 Å². The van der Waals surface area contributed by atoms with Gasteiger partial charge >= 0.3 is 0 Å². The number of rotatable bonds is 11. The molecule has 9 nitrogen and oxygen atoms in total. The molecular weight excluding hydrogens is 613 g/mol. The van der Waals surface area contributed by atoms with Gasteiger partial charge < -0.3 is 25.2 Å². The Labute approximate surface area is 277 Å². The molecule has 1 atom stereocenters. The lowest BCUT2D eigenvalue weighted by Gasteiger charge is -2.29. The maximum atomic E-state index is 15.4.